The van der Waals surface area contributed by atoms with E-state index in [1.165, 1.54) is 0 Å². The molecular weight excluding hydrogens is 344 g/mol. The lowest BCUT2D eigenvalue weighted by Crippen LogP contribution is -2.07. The van der Waals surface area contributed by atoms with E-state index in [1.807, 2.05) is 13.8 Å². The minimum absolute atomic E-state index is 0.00860. The maximum atomic E-state index is 12.5. The molecule has 2 aromatic carbocycles. The zero-order chi connectivity index (χ0) is 19.2. The number of benzene rings is 2. The van der Waals surface area contributed by atoms with Crippen molar-refractivity contribution >= 4 is 5.97 Å². The van der Waals surface area contributed by atoms with Gasteiger partial charge in [0.25, 0.3) is 0 Å². The smallest absolute Gasteiger partial charge is 0.342 e. The first-order chi connectivity index (χ1) is 13.1. The van der Waals surface area contributed by atoms with E-state index < -0.39 is 5.97 Å². The van der Waals surface area contributed by atoms with Crippen molar-refractivity contribution in [2.75, 3.05) is 0 Å². The van der Waals surface area contributed by atoms with Gasteiger partial charge in [0.15, 0.2) is 0 Å². The van der Waals surface area contributed by atoms with Crippen LogP contribution in [-0.2, 0) is 11.3 Å². The van der Waals surface area contributed by atoms with Crippen LogP contribution in [0.15, 0.2) is 54.7 Å². The van der Waals surface area contributed by atoms with Crippen molar-refractivity contribution in [1.29, 1.82) is 5.26 Å². The van der Waals surface area contributed by atoms with Crippen LogP contribution in [-0.4, -0.2) is 21.0 Å². The van der Waals surface area contributed by atoms with Gasteiger partial charge >= 0.3 is 5.97 Å². The van der Waals surface area contributed by atoms with Gasteiger partial charge in [0.2, 0.25) is 0 Å². The van der Waals surface area contributed by atoms with Gasteiger partial charge in [0.1, 0.15) is 35.4 Å². The second-order valence-electron chi connectivity index (χ2n) is 6.07. The SMILES string of the molecule is CC(C)n1cc(COC(=O)c2ccccc2Oc2ccccc2C#N)nn1. The minimum atomic E-state index is -0.542. The maximum absolute atomic E-state index is 12.5. The predicted molar refractivity (Wildman–Crippen MR) is 97.2 cm³/mol. The Labute approximate surface area is 156 Å². The summed E-state index contributed by atoms with van der Waals surface area (Å²) >= 11 is 0. The van der Waals surface area contributed by atoms with E-state index in [-0.39, 0.29) is 18.2 Å². The fraction of sp³-hybridized carbons (Fsp3) is 0.200. The van der Waals surface area contributed by atoms with Gasteiger partial charge in [-0.2, -0.15) is 5.26 Å². The van der Waals surface area contributed by atoms with Gasteiger partial charge in [-0.25, -0.2) is 9.48 Å². The Morgan fingerprint density at radius 1 is 1.15 bits per heavy atom. The van der Waals surface area contributed by atoms with Crippen LogP contribution in [0.5, 0.6) is 11.5 Å². The third-order valence-corrected chi connectivity index (χ3v) is 3.77. The molecule has 0 fully saturated rings. The van der Waals surface area contributed by atoms with Crippen LogP contribution >= 0.6 is 0 Å². The third-order valence-electron chi connectivity index (χ3n) is 3.77. The highest BCUT2D eigenvalue weighted by Crippen LogP contribution is 2.28. The van der Waals surface area contributed by atoms with Crippen molar-refractivity contribution in [2.24, 2.45) is 0 Å². The Kier molecular flexibility index (Phi) is 5.47. The number of hydrogen-bond donors (Lipinski definition) is 0. The van der Waals surface area contributed by atoms with Gasteiger partial charge < -0.3 is 9.47 Å². The quantitative estimate of drug-likeness (QED) is 0.618. The highest BCUT2D eigenvalue weighted by atomic mass is 16.5. The number of esters is 1. The summed E-state index contributed by atoms with van der Waals surface area (Å²) in [6.07, 6.45) is 1.74. The van der Waals surface area contributed by atoms with E-state index in [9.17, 15) is 10.1 Å². The number of ether oxygens (including phenoxy) is 2. The van der Waals surface area contributed by atoms with Crippen molar-refractivity contribution in [2.45, 2.75) is 26.5 Å². The first kappa shape index (κ1) is 18.1. The number of hydrogen-bond acceptors (Lipinski definition) is 6. The number of carbonyl (C=O) groups excluding carboxylic acids is 1. The van der Waals surface area contributed by atoms with Crippen molar-refractivity contribution < 1.29 is 14.3 Å². The molecule has 0 spiro atoms. The van der Waals surface area contributed by atoms with Crippen molar-refractivity contribution in [1.82, 2.24) is 15.0 Å². The van der Waals surface area contributed by atoms with Gasteiger partial charge in [0, 0.05) is 6.04 Å². The van der Waals surface area contributed by atoms with Gasteiger partial charge in [-0.1, -0.05) is 29.5 Å². The average molecular weight is 362 g/mol. The van der Waals surface area contributed by atoms with Crippen LogP contribution in [0.1, 0.15) is 41.5 Å². The standard InChI is InChI=1S/C20H18N4O3/c1-14(2)24-12-16(22-23-24)13-26-20(25)17-8-4-6-10-19(17)27-18-9-5-3-7-15(18)11-21/h3-10,12,14H,13H2,1-2H3. The Bertz CT molecular complexity index is 989. The number of para-hydroxylation sites is 2. The second-order valence-corrected chi connectivity index (χ2v) is 6.07. The first-order valence-corrected chi connectivity index (χ1v) is 8.42. The summed E-state index contributed by atoms with van der Waals surface area (Å²) in [5, 5.41) is 17.2. The normalized spacial score (nSPS) is 10.4. The first-order valence-electron chi connectivity index (χ1n) is 8.42. The highest BCUT2D eigenvalue weighted by molar-refractivity contribution is 5.92. The van der Waals surface area contributed by atoms with Gasteiger partial charge in [-0.3, -0.25) is 0 Å². The molecule has 7 nitrogen and oxygen atoms in total. The summed E-state index contributed by atoms with van der Waals surface area (Å²) in [6, 6.07) is 15.8. The molecule has 1 aromatic heterocycles. The van der Waals surface area contributed by atoms with E-state index in [2.05, 4.69) is 16.4 Å². The molecule has 0 unspecified atom stereocenters. The lowest BCUT2D eigenvalue weighted by atomic mass is 10.2. The van der Waals surface area contributed by atoms with Crippen LogP contribution < -0.4 is 4.74 Å². The molecule has 0 bridgehead atoms. The second kappa shape index (κ2) is 8.15. The Morgan fingerprint density at radius 2 is 1.85 bits per heavy atom. The van der Waals surface area contributed by atoms with Crippen molar-refractivity contribution in [3.63, 3.8) is 0 Å². The molecule has 0 aliphatic heterocycles. The number of carbonyl (C=O) groups is 1. The molecule has 27 heavy (non-hydrogen) atoms. The summed E-state index contributed by atoms with van der Waals surface area (Å²) in [7, 11) is 0. The Balaban J connectivity index is 1.74. The Hall–Kier alpha value is -3.66. The molecule has 0 aliphatic rings. The highest BCUT2D eigenvalue weighted by Gasteiger charge is 2.16. The van der Waals surface area contributed by atoms with E-state index >= 15 is 0 Å². The summed E-state index contributed by atoms with van der Waals surface area (Å²) in [5.41, 5.74) is 1.21. The zero-order valence-electron chi connectivity index (χ0n) is 15.0. The maximum Gasteiger partial charge on any atom is 0.342 e. The molecular formula is C20H18N4O3. The number of nitrogens with zero attached hydrogens (tertiary/aromatic N) is 4. The minimum Gasteiger partial charge on any atom is -0.455 e. The topological polar surface area (TPSA) is 90.0 Å². The lowest BCUT2D eigenvalue weighted by molar-refractivity contribution is 0.0465. The number of nitriles is 1. The summed E-state index contributed by atoms with van der Waals surface area (Å²) in [4.78, 5) is 12.5. The van der Waals surface area contributed by atoms with Crippen LogP contribution in [0.4, 0.5) is 0 Å². The van der Waals surface area contributed by atoms with E-state index in [4.69, 9.17) is 9.47 Å². The van der Waals surface area contributed by atoms with Crippen LogP contribution in [0.2, 0.25) is 0 Å². The fourth-order valence-corrected chi connectivity index (χ4v) is 2.34. The molecule has 0 aliphatic carbocycles. The molecule has 136 valence electrons. The zero-order valence-corrected chi connectivity index (χ0v) is 15.0. The van der Waals surface area contributed by atoms with Crippen LogP contribution in [0.3, 0.4) is 0 Å². The molecule has 0 N–H and O–H groups in total. The van der Waals surface area contributed by atoms with Crippen molar-refractivity contribution in [3.8, 4) is 17.6 Å². The fourth-order valence-electron chi connectivity index (χ4n) is 2.34. The molecule has 3 aromatic rings. The van der Waals surface area contributed by atoms with E-state index in [0.717, 1.165) is 0 Å². The number of aromatic nitrogens is 3. The molecule has 0 amide bonds. The van der Waals surface area contributed by atoms with Crippen LogP contribution in [0, 0.1) is 11.3 Å². The molecule has 0 atom stereocenters. The van der Waals surface area contributed by atoms with Crippen molar-refractivity contribution in [3.05, 3.63) is 71.5 Å². The lowest BCUT2D eigenvalue weighted by Gasteiger charge is -2.11. The molecule has 7 heteroatoms. The molecule has 0 saturated heterocycles. The molecule has 1 heterocycles. The summed E-state index contributed by atoms with van der Waals surface area (Å²) in [5.74, 6) is 0.148. The van der Waals surface area contributed by atoms with Gasteiger partial charge in [-0.15, -0.1) is 5.10 Å². The van der Waals surface area contributed by atoms with Crippen LogP contribution in [0.25, 0.3) is 0 Å². The monoisotopic (exact) mass is 362 g/mol. The summed E-state index contributed by atoms with van der Waals surface area (Å²) < 4.78 is 12.8. The summed E-state index contributed by atoms with van der Waals surface area (Å²) in [6.45, 7) is 3.98. The predicted octanol–water partition coefficient (Wildman–Crippen LogP) is 3.88. The van der Waals surface area contributed by atoms with E-state index in [1.54, 1.807) is 59.4 Å². The molecule has 0 radical (unpaired) electrons. The molecule has 0 saturated carbocycles. The average Bonchev–Trinajstić information content (AvgIpc) is 3.16. The van der Waals surface area contributed by atoms with Gasteiger partial charge in [0.05, 0.1) is 11.8 Å². The molecule has 3 rings (SSSR count). The number of rotatable bonds is 6. The Morgan fingerprint density at radius 3 is 2.56 bits per heavy atom. The largest absolute Gasteiger partial charge is 0.455 e. The van der Waals surface area contributed by atoms with Gasteiger partial charge in [-0.05, 0) is 38.1 Å². The van der Waals surface area contributed by atoms with E-state index in [0.29, 0.717) is 22.8 Å². The third kappa shape index (κ3) is 4.30.